The first-order chi connectivity index (χ1) is 8.72. The molecule has 1 aliphatic heterocycles. The maximum Gasteiger partial charge on any atom is 0.274 e. The number of carbonyl (C=O) groups excluding carboxylic acids is 1. The van der Waals surface area contributed by atoms with E-state index < -0.39 is 0 Å². The molecule has 0 aliphatic carbocycles. The summed E-state index contributed by atoms with van der Waals surface area (Å²) >= 11 is 1.89. The zero-order valence-corrected chi connectivity index (χ0v) is 11.5. The molecule has 1 aromatic heterocycles. The summed E-state index contributed by atoms with van der Waals surface area (Å²) in [6.07, 6.45) is 0. The van der Waals surface area contributed by atoms with E-state index in [1.54, 1.807) is 12.1 Å². The Labute approximate surface area is 111 Å². The fourth-order valence-electron chi connectivity index (χ4n) is 1.90. The Morgan fingerprint density at radius 2 is 2.39 bits per heavy atom. The molecule has 5 nitrogen and oxygen atoms in total. The van der Waals surface area contributed by atoms with Crippen molar-refractivity contribution in [2.75, 3.05) is 29.9 Å². The van der Waals surface area contributed by atoms with Crippen molar-refractivity contribution in [2.24, 2.45) is 0 Å². The molecule has 2 heterocycles. The number of hydrogen-bond acceptors (Lipinski definition) is 5. The second kappa shape index (κ2) is 6.04. The minimum absolute atomic E-state index is 0.0154. The van der Waals surface area contributed by atoms with Crippen LogP contribution in [0.3, 0.4) is 0 Å². The molecule has 2 rings (SSSR count). The zero-order chi connectivity index (χ0) is 13.0. The van der Waals surface area contributed by atoms with Crippen LogP contribution < -0.4 is 5.32 Å². The van der Waals surface area contributed by atoms with Crippen LogP contribution >= 0.6 is 11.8 Å². The van der Waals surface area contributed by atoms with Gasteiger partial charge in [-0.05, 0) is 26.0 Å². The molecule has 0 spiro atoms. The van der Waals surface area contributed by atoms with E-state index in [2.05, 4.69) is 22.4 Å². The summed E-state index contributed by atoms with van der Waals surface area (Å²) in [5.41, 5.74) is 0.426. The van der Waals surface area contributed by atoms with E-state index in [4.69, 9.17) is 0 Å². The standard InChI is InChI=1S/C12H18N4OS/c1-3-13-11-5-4-10(14-15-11)12(17)16-6-7-18-8-9(16)2/h4-5,9H,3,6-8H2,1-2H3,(H,13,15). The molecule has 1 unspecified atom stereocenters. The van der Waals surface area contributed by atoms with E-state index in [0.717, 1.165) is 24.6 Å². The smallest absolute Gasteiger partial charge is 0.274 e. The predicted octanol–water partition coefficient (Wildman–Crippen LogP) is 1.49. The highest BCUT2D eigenvalue weighted by Crippen LogP contribution is 2.18. The highest BCUT2D eigenvalue weighted by atomic mass is 32.2. The fraction of sp³-hybridized carbons (Fsp3) is 0.583. The molecule has 1 atom stereocenters. The van der Waals surface area contributed by atoms with E-state index in [-0.39, 0.29) is 11.9 Å². The Balaban J connectivity index is 2.08. The van der Waals surface area contributed by atoms with E-state index >= 15 is 0 Å². The number of rotatable bonds is 3. The van der Waals surface area contributed by atoms with Gasteiger partial charge in [0.15, 0.2) is 5.69 Å². The molecule has 1 saturated heterocycles. The quantitative estimate of drug-likeness (QED) is 0.898. The number of anilines is 1. The van der Waals surface area contributed by atoms with Crippen LogP contribution in [0.15, 0.2) is 12.1 Å². The normalized spacial score (nSPS) is 19.7. The third kappa shape index (κ3) is 2.93. The third-order valence-electron chi connectivity index (χ3n) is 2.87. The Morgan fingerprint density at radius 1 is 1.56 bits per heavy atom. The molecule has 1 amide bonds. The van der Waals surface area contributed by atoms with Crippen molar-refractivity contribution < 1.29 is 4.79 Å². The third-order valence-corrected chi connectivity index (χ3v) is 4.06. The average Bonchev–Trinajstić information content (AvgIpc) is 2.40. The minimum Gasteiger partial charge on any atom is -0.369 e. The molecule has 6 heteroatoms. The summed E-state index contributed by atoms with van der Waals surface area (Å²) in [4.78, 5) is 14.2. The van der Waals surface area contributed by atoms with Crippen LogP contribution in [0.1, 0.15) is 24.3 Å². The lowest BCUT2D eigenvalue weighted by atomic mass is 10.2. The average molecular weight is 266 g/mol. The van der Waals surface area contributed by atoms with Crippen molar-refractivity contribution in [3.63, 3.8) is 0 Å². The minimum atomic E-state index is -0.0154. The second-order valence-corrected chi connectivity index (χ2v) is 5.41. The molecule has 0 radical (unpaired) electrons. The van der Waals surface area contributed by atoms with Gasteiger partial charge in [-0.1, -0.05) is 0 Å². The number of aromatic nitrogens is 2. The molecule has 98 valence electrons. The summed E-state index contributed by atoms with van der Waals surface area (Å²) in [7, 11) is 0. The van der Waals surface area contributed by atoms with Gasteiger partial charge >= 0.3 is 0 Å². The molecule has 0 bridgehead atoms. The van der Waals surface area contributed by atoms with Gasteiger partial charge in [-0.15, -0.1) is 10.2 Å². The van der Waals surface area contributed by atoms with Crippen molar-refractivity contribution in [3.8, 4) is 0 Å². The zero-order valence-electron chi connectivity index (χ0n) is 10.7. The molecule has 1 N–H and O–H groups in total. The maximum atomic E-state index is 12.3. The van der Waals surface area contributed by atoms with Crippen LogP contribution in [0.4, 0.5) is 5.82 Å². The molecule has 0 aromatic carbocycles. The second-order valence-electron chi connectivity index (χ2n) is 4.26. The van der Waals surface area contributed by atoms with E-state index in [1.165, 1.54) is 0 Å². The van der Waals surface area contributed by atoms with Gasteiger partial charge in [0.25, 0.3) is 5.91 Å². The summed E-state index contributed by atoms with van der Waals surface area (Å²) < 4.78 is 0. The first kappa shape index (κ1) is 13.1. The Hall–Kier alpha value is -1.30. The molecular formula is C12H18N4OS. The maximum absolute atomic E-state index is 12.3. The lowest BCUT2D eigenvalue weighted by Crippen LogP contribution is -2.44. The molecule has 1 aliphatic rings. The van der Waals surface area contributed by atoms with Crippen LogP contribution in [0.2, 0.25) is 0 Å². The molecule has 1 aromatic rings. The van der Waals surface area contributed by atoms with Gasteiger partial charge in [0.05, 0.1) is 0 Å². The lowest BCUT2D eigenvalue weighted by Gasteiger charge is -2.32. The first-order valence-corrected chi connectivity index (χ1v) is 7.34. The van der Waals surface area contributed by atoms with E-state index in [1.807, 2.05) is 23.6 Å². The number of amides is 1. The van der Waals surface area contributed by atoms with Crippen molar-refractivity contribution in [1.82, 2.24) is 15.1 Å². The Bertz CT molecular complexity index is 409. The lowest BCUT2D eigenvalue weighted by molar-refractivity contribution is 0.0709. The van der Waals surface area contributed by atoms with Gasteiger partial charge in [-0.2, -0.15) is 11.8 Å². The SMILES string of the molecule is CCNc1ccc(C(=O)N2CCSCC2C)nn1. The molecular weight excluding hydrogens is 248 g/mol. The number of thioether (sulfide) groups is 1. The predicted molar refractivity (Wildman–Crippen MR) is 74.0 cm³/mol. The summed E-state index contributed by atoms with van der Waals surface area (Å²) in [6.45, 7) is 5.65. The van der Waals surface area contributed by atoms with Gasteiger partial charge in [0, 0.05) is 30.6 Å². The monoisotopic (exact) mass is 266 g/mol. The number of hydrogen-bond donors (Lipinski definition) is 1. The summed E-state index contributed by atoms with van der Waals surface area (Å²) in [5.74, 6) is 2.68. The van der Waals surface area contributed by atoms with Crippen molar-refractivity contribution in [1.29, 1.82) is 0 Å². The van der Waals surface area contributed by atoms with Crippen LogP contribution in [-0.4, -0.2) is 51.6 Å². The fourth-order valence-corrected chi connectivity index (χ4v) is 2.91. The first-order valence-electron chi connectivity index (χ1n) is 6.18. The van der Waals surface area contributed by atoms with E-state index in [0.29, 0.717) is 11.5 Å². The Morgan fingerprint density at radius 3 is 3.00 bits per heavy atom. The van der Waals surface area contributed by atoms with Gasteiger partial charge in [0.1, 0.15) is 5.82 Å². The topological polar surface area (TPSA) is 58.1 Å². The largest absolute Gasteiger partial charge is 0.369 e. The molecule has 1 fully saturated rings. The highest BCUT2D eigenvalue weighted by Gasteiger charge is 2.25. The summed E-state index contributed by atoms with van der Waals surface area (Å²) in [6, 6.07) is 3.81. The molecule has 18 heavy (non-hydrogen) atoms. The van der Waals surface area contributed by atoms with Crippen LogP contribution in [0, 0.1) is 0 Å². The number of nitrogens with one attached hydrogen (secondary N) is 1. The van der Waals surface area contributed by atoms with Crippen LogP contribution in [0.25, 0.3) is 0 Å². The number of carbonyl (C=O) groups is 1. The highest BCUT2D eigenvalue weighted by molar-refractivity contribution is 7.99. The van der Waals surface area contributed by atoms with Gasteiger partial charge in [-0.25, -0.2) is 0 Å². The van der Waals surface area contributed by atoms with Crippen LogP contribution in [-0.2, 0) is 0 Å². The molecule has 0 saturated carbocycles. The van der Waals surface area contributed by atoms with Crippen molar-refractivity contribution in [3.05, 3.63) is 17.8 Å². The van der Waals surface area contributed by atoms with Gasteiger partial charge < -0.3 is 10.2 Å². The van der Waals surface area contributed by atoms with Gasteiger partial charge in [0.2, 0.25) is 0 Å². The van der Waals surface area contributed by atoms with Crippen LogP contribution in [0.5, 0.6) is 0 Å². The van der Waals surface area contributed by atoms with E-state index in [9.17, 15) is 4.79 Å². The number of nitrogens with zero attached hydrogens (tertiary/aromatic N) is 3. The summed E-state index contributed by atoms with van der Waals surface area (Å²) in [5, 5.41) is 11.1. The Kier molecular flexibility index (Phi) is 4.41. The van der Waals surface area contributed by atoms with Gasteiger partial charge in [-0.3, -0.25) is 4.79 Å². The van der Waals surface area contributed by atoms with Crippen molar-refractivity contribution >= 4 is 23.5 Å². The van der Waals surface area contributed by atoms with Crippen molar-refractivity contribution in [2.45, 2.75) is 19.9 Å².